The quantitative estimate of drug-likeness (QED) is 0.762. The molecule has 0 aliphatic carbocycles. The number of aryl methyl sites for hydroxylation is 1. The molecule has 0 unspecified atom stereocenters. The highest BCUT2D eigenvalue weighted by molar-refractivity contribution is 6.31. The molecule has 2 aromatic carbocycles. The van der Waals surface area contributed by atoms with Crippen LogP contribution < -0.4 is 5.32 Å². The Labute approximate surface area is 151 Å². The molecule has 1 heterocycles. The minimum absolute atomic E-state index is 0.224. The van der Waals surface area contributed by atoms with Gasteiger partial charge in [0, 0.05) is 11.6 Å². The fraction of sp³-hybridized carbons (Fsp3) is 0.211. The lowest BCUT2D eigenvalue weighted by Crippen LogP contribution is -2.26. The maximum atomic E-state index is 12.4. The highest BCUT2D eigenvalue weighted by atomic mass is 35.5. The van der Waals surface area contributed by atoms with Crippen LogP contribution in [0.5, 0.6) is 0 Å². The summed E-state index contributed by atoms with van der Waals surface area (Å²) >= 11 is 6.17. The van der Waals surface area contributed by atoms with Gasteiger partial charge in [-0.3, -0.25) is 4.79 Å². The first-order chi connectivity index (χ1) is 12.1. The van der Waals surface area contributed by atoms with Crippen molar-refractivity contribution in [1.82, 2.24) is 20.3 Å². The first kappa shape index (κ1) is 17.2. The number of halogens is 1. The minimum atomic E-state index is -0.224. The molecule has 1 N–H and O–H groups in total. The van der Waals surface area contributed by atoms with Crippen LogP contribution in [0.3, 0.4) is 0 Å². The number of nitrogens with zero attached hydrogens (tertiary/aromatic N) is 3. The van der Waals surface area contributed by atoms with E-state index >= 15 is 0 Å². The third-order valence-corrected chi connectivity index (χ3v) is 4.46. The first-order valence-corrected chi connectivity index (χ1v) is 8.45. The van der Waals surface area contributed by atoms with Crippen molar-refractivity contribution in [3.05, 3.63) is 76.1 Å². The Morgan fingerprint density at radius 2 is 1.92 bits per heavy atom. The van der Waals surface area contributed by atoms with Gasteiger partial charge in [0.15, 0.2) is 5.69 Å². The molecule has 0 saturated carbocycles. The van der Waals surface area contributed by atoms with Crippen molar-refractivity contribution in [1.29, 1.82) is 0 Å². The van der Waals surface area contributed by atoms with Gasteiger partial charge in [0.05, 0.1) is 11.4 Å². The molecule has 0 atom stereocenters. The molecule has 0 saturated heterocycles. The zero-order chi connectivity index (χ0) is 17.8. The van der Waals surface area contributed by atoms with Crippen LogP contribution in [-0.4, -0.2) is 27.4 Å². The van der Waals surface area contributed by atoms with E-state index in [2.05, 4.69) is 15.6 Å². The number of amides is 1. The lowest BCUT2D eigenvalue weighted by molar-refractivity contribution is 0.0948. The second-order valence-corrected chi connectivity index (χ2v) is 6.27. The molecule has 0 fully saturated rings. The summed E-state index contributed by atoms with van der Waals surface area (Å²) in [4.78, 5) is 12.4. The van der Waals surface area contributed by atoms with Crippen molar-refractivity contribution in [3.63, 3.8) is 0 Å². The summed E-state index contributed by atoms with van der Waals surface area (Å²) in [6, 6.07) is 15.7. The average molecular weight is 355 g/mol. The van der Waals surface area contributed by atoms with E-state index in [0.717, 1.165) is 17.7 Å². The van der Waals surface area contributed by atoms with Crippen molar-refractivity contribution in [2.75, 3.05) is 6.54 Å². The molecule has 3 rings (SSSR count). The summed E-state index contributed by atoms with van der Waals surface area (Å²) in [5.74, 6) is -0.224. The molecule has 0 bridgehead atoms. The monoisotopic (exact) mass is 354 g/mol. The van der Waals surface area contributed by atoms with E-state index in [-0.39, 0.29) is 5.91 Å². The van der Waals surface area contributed by atoms with Gasteiger partial charge in [-0.15, -0.1) is 5.10 Å². The Bertz CT molecular complexity index is 890. The van der Waals surface area contributed by atoms with Crippen molar-refractivity contribution in [2.24, 2.45) is 0 Å². The SMILES string of the molecule is Cc1ccc(-n2nnc(C(=O)NCCc3ccccc3)c2C)cc1Cl. The van der Waals surface area contributed by atoms with E-state index in [4.69, 9.17) is 11.6 Å². The number of rotatable bonds is 5. The van der Waals surface area contributed by atoms with Crippen LogP contribution in [0, 0.1) is 13.8 Å². The summed E-state index contributed by atoms with van der Waals surface area (Å²) in [7, 11) is 0. The molecule has 128 valence electrons. The molecule has 0 radical (unpaired) electrons. The van der Waals surface area contributed by atoms with Gasteiger partial charge in [0.25, 0.3) is 5.91 Å². The van der Waals surface area contributed by atoms with E-state index in [1.54, 1.807) is 4.68 Å². The van der Waals surface area contributed by atoms with Crippen molar-refractivity contribution < 1.29 is 4.79 Å². The zero-order valence-electron chi connectivity index (χ0n) is 14.2. The van der Waals surface area contributed by atoms with Crippen LogP contribution in [0.25, 0.3) is 5.69 Å². The van der Waals surface area contributed by atoms with Crippen LogP contribution in [0.15, 0.2) is 48.5 Å². The second-order valence-electron chi connectivity index (χ2n) is 5.86. The Morgan fingerprint density at radius 3 is 2.64 bits per heavy atom. The minimum Gasteiger partial charge on any atom is -0.350 e. The van der Waals surface area contributed by atoms with Crippen molar-refractivity contribution >= 4 is 17.5 Å². The van der Waals surface area contributed by atoms with Gasteiger partial charge in [0.2, 0.25) is 0 Å². The van der Waals surface area contributed by atoms with Gasteiger partial charge in [-0.1, -0.05) is 53.2 Å². The summed E-state index contributed by atoms with van der Waals surface area (Å²) in [5.41, 5.74) is 3.95. The summed E-state index contributed by atoms with van der Waals surface area (Å²) in [5, 5.41) is 11.7. The molecule has 5 nitrogen and oxygen atoms in total. The summed E-state index contributed by atoms with van der Waals surface area (Å²) in [6.45, 7) is 4.30. The highest BCUT2D eigenvalue weighted by Crippen LogP contribution is 2.20. The fourth-order valence-electron chi connectivity index (χ4n) is 2.55. The third kappa shape index (κ3) is 3.88. The number of carbonyl (C=O) groups excluding carboxylic acids is 1. The van der Waals surface area contributed by atoms with Gasteiger partial charge >= 0.3 is 0 Å². The predicted octanol–water partition coefficient (Wildman–Crippen LogP) is 3.51. The van der Waals surface area contributed by atoms with E-state index in [1.807, 2.05) is 62.4 Å². The normalized spacial score (nSPS) is 10.7. The zero-order valence-corrected chi connectivity index (χ0v) is 14.9. The topological polar surface area (TPSA) is 59.8 Å². The summed E-state index contributed by atoms with van der Waals surface area (Å²) in [6.07, 6.45) is 0.771. The molecule has 6 heteroatoms. The molecule has 1 amide bonds. The molecule has 0 aliphatic heterocycles. The largest absolute Gasteiger partial charge is 0.350 e. The Hall–Kier alpha value is -2.66. The average Bonchev–Trinajstić information content (AvgIpc) is 3.00. The Morgan fingerprint density at radius 1 is 1.16 bits per heavy atom. The standard InChI is InChI=1S/C19H19ClN4O/c1-13-8-9-16(12-17(13)20)24-14(2)18(22-23-24)19(25)21-11-10-15-6-4-3-5-7-15/h3-9,12H,10-11H2,1-2H3,(H,21,25). The van der Waals surface area contributed by atoms with Gasteiger partial charge in [0.1, 0.15) is 0 Å². The van der Waals surface area contributed by atoms with Crippen LogP contribution in [0.4, 0.5) is 0 Å². The fourth-order valence-corrected chi connectivity index (χ4v) is 2.72. The maximum Gasteiger partial charge on any atom is 0.273 e. The van der Waals surface area contributed by atoms with E-state index < -0.39 is 0 Å². The maximum absolute atomic E-state index is 12.4. The number of nitrogens with one attached hydrogen (secondary N) is 1. The van der Waals surface area contributed by atoms with Crippen LogP contribution >= 0.6 is 11.6 Å². The van der Waals surface area contributed by atoms with Crippen LogP contribution in [-0.2, 0) is 6.42 Å². The lowest BCUT2D eigenvalue weighted by Gasteiger charge is -2.06. The van der Waals surface area contributed by atoms with Gasteiger partial charge in [-0.05, 0) is 43.5 Å². The highest BCUT2D eigenvalue weighted by Gasteiger charge is 2.17. The molecule has 1 aromatic heterocycles. The van der Waals surface area contributed by atoms with Crippen molar-refractivity contribution in [2.45, 2.75) is 20.3 Å². The van der Waals surface area contributed by atoms with E-state index in [1.165, 1.54) is 5.56 Å². The van der Waals surface area contributed by atoms with Gasteiger partial charge < -0.3 is 5.32 Å². The molecule has 3 aromatic rings. The lowest BCUT2D eigenvalue weighted by atomic mass is 10.1. The first-order valence-electron chi connectivity index (χ1n) is 8.07. The molecular weight excluding hydrogens is 336 g/mol. The van der Waals surface area contributed by atoms with Crippen LogP contribution in [0.1, 0.15) is 27.3 Å². The number of hydrogen-bond donors (Lipinski definition) is 1. The molecule has 0 spiro atoms. The Kier molecular flexibility index (Phi) is 5.14. The van der Waals surface area contributed by atoms with Crippen LogP contribution in [0.2, 0.25) is 5.02 Å². The molecule has 25 heavy (non-hydrogen) atoms. The predicted molar refractivity (Wildman–Crippen MR) is 98.3 cm³/mol. The third-order valence-electron chi connectivity index (χ3n) is 4.05. The molecule has 0 aliphatic rings. The number of benzene rings is 2. The van der Waals surface area contributed by atoms with Gasteiger partial charge in [-0.2, -0.15) is 0 Å². The Balaban J connectivity index is 1.69. The number of hydrogen-bond acceptors (Lipinski definition) is 3. The van der Waals surface area contributed by atoms with E-state index in [9.17, 15) is 4.79 Å². The molecular formula is C19H19ClN4O. The number of carbonyl (C=O) groups is 1. The second kappa shape index (κ2) is 7.49. The van der Waals surface area contributed by atoms with E-state index in [0.29, 0.717) is 23.0 Å². The smallest absolute Gasteiger partial charge is 0.273 e. The van der Waals surface area contributed by atoms with Gasteiger partial charge in [-0.25, -0.2) is 4.68 Å². The summed E-state index contributed by atoms with van der Waals surface area (Å²) < 4.78 is 1.62. The number of aromatic nitrogens is 3. The van der Waals surface area contributed by atoms with Crippen molar-refractivity contribution in [3.8, 4) is 5.69 Å².